The number of esters is 1. The number of cyclic esters (lactones) is 1. The third-order valence-corrected chi connectivity index (χ3v) is 4.05. The Morgan fingerprint density at radius 2 is 1.96 bits per heavy atom. The van der Waals surface area contributed by atoms with Crippen LogP contribution in [-0.2, 0) is 16.1 Å². The number of hydrogen-bond acceptors (Lipinski definition) is 4. The molecule has 3 amide bonds. The van der Waals surface area contributed by atoms with Crippen LogP contribution in [0.5, 0.6) is 0 Å². The van der Waals surface area contributed by atoms with Gasteiger partial charge in [0.05, 0.1) is 12.1 Å². The number of anilines is 1. The summed E-state index contributed by atoms with van der Waals surface area (Å²) in [6.07, 6.45) is 3.20. The lowest BCUT2D eigenvalue weighted by atomic mass is 10.1. The summed E-state index contributed by atoms with van der Waals surface area (Å²) in [7, 11) is 0. The summed E-state index contributed by atoms with van der Waals surface area (Å²) in [6.45, 7) is 1.74. The van der Waals surface area contributed by atoms with Crippen LogP contribution in [0.15, 0.2) is 18.2 Å². The molecule has 2 aliphatic rings. The minimum Gasteiger partial charge on any atom is -0.457 e. The van der Waals surface area contributed by atoms with Crippen molar-refractivity contribution < 1.29 is 19.1 Å². The van der Waals surface area contributed by atoms with E-state index in [0.29, 0.717) is 11.3 Å². The molecule has 0 spiro atoms. The highest BCUT2D eigenvalue weighted by Crippen LogP contribution is 2.23. The Kier molecular flexibility index (Phi) is 4.45. The summed E-state index contributed by atoms with van der Waals surface area (Å²) in [5, 5.41) is 5.22. The van der Waals surface area contributed by atoms with Crippen molar-refractivity contribution in [1.29, 1.82) is 0 Å². The van der Waals surface area contributed by atoms with Gasteiger partial charge in [-0.25, -0.2) is 9.59 Å². The molecule has 0 unspecified atom stereocenters. The van der Waals surface area contributed by atoms with E-state index < -0.39 is 6.03 Å². The summed E-state index contributed by atoms with van der Waals surface area (Å²) in [4.78, 5) is 37.0. The van der Waals surface area contributed by atoms with Crippen molar-refractivity contribution in [3.05, 3.63) is 29.3 Å². The van der Waals surface area contributed by atoms with Crippen molar-refractivity contribution in [2.24, 2.45) is 0 Å². The zero-order chi connectivity index (χ0) is 16.2. The highest BCUT2D eigenvalue weighted by molar-refractivity contribution is 5.96. The molecule has 0 atom stereocenters. The average Bonchev–Trinajstić information content (AvgIpc) is 2.94. The van der Waals surface area contributed by atoms with E-state index in [4.69, 9.17) is 4.74 Å². The van der Waals surface area contributed by atoms with Gasteiger partial charge < -0.3 is 20.3 Å². The second-order valence-electron chi connectivity index (χ2n) is 5.70. The van der Waals surface area contributed by atoms with Crippen molar-refractivity contribution in [2.45, 2.75) is 25.9 Å². The Morgan fingerprint density at radius 3 is 2.74 bits per heavy atom. The van der Waals surface area contributed by atoms with Crippen molar-refractivity contribution in [1.82, 2.24) is 10.2 Å². The van der Waals surface area contributed by atoms with Gasteiger partial charge in [-0.2, -0.15) is 0 Å². The van der Waals surface area contributed by atoms with Crippen LogP contribution in [0.1, 0.15) is 35.2 Å². The lowest BCUT2D eigenvalue weighted by Crippen LogP contribution is -2.43. The second-order valence-corrected chi connectivity index (χ2v) is 5.70. The molecule has 2 N–H and O–H groups in total. The quantitative estimate of drug-likeness (QED) is 0.827. The van der Waals surface area contributed by atoms with E-state index in [1.807, 2.05) is 0 Å². The zero-order valence-electron chi connectivity index (χ0n) is 12.8. The highest BCUT2D eigenvalue weighted by atomic mass is 16.5. The molecule has 0 radical (unpaired) electrons. The Bertz CT molecular complexity index is 638. The number of likely N-dealkylation sites (tertiary alicyclic amines) is 1. The first-order chi connectivity index (χ1) is 11.1. The molecule has 1 aromatic rings. The summed E-state index contributed by atoms with van der Waals surface area (Å²) >= 11 is 0. The van der Waals surface area contributed by atoms with Gasteiger partial charge in [-0.15, -0.1) is 0 Å². The Balaban J connectivity index is 1.49. The van der Waals surface area contributed by atoms with Crippen molar-refractivity contribution in [2.75, 3.05) is 25.0 Å². The minimum atomic E-state index is -0.444. The van der Waals surface area contributed by atoms with E-state index in [0.717, 1.165) is 37.9 Å². The number of piperidine rings is 1. The van der Waals surface area contributed by atoms with E-state index >= 15 is 0 Å². The number of nitrogens with one attached hydrogen (secondary N) is 2. The number of amides is 3. The van der Waals surface area contributed by atoms with Crippen LogP contribution in [0.3, 0.4) is 0 Å². The SMILES string of the molecule is O=C(NCC(=O)N1CCCCC1)Nc1ccc2c(c1)COC2=O. The van der Waals surface area contributed by atoms with Crippen molar-refractivity contribution >= 4 is 23.6 Å². The normalized spacial score (nSPS) is 16.5. The van der Waals surface area contributed by atoms with E-state index in [1.54, 1.807) is 23.1 Å². The fraction of sp³-hybridized carbons (Fsp3) is 0.438. The van der Waals surface area contributed by atoms with Gasteiger partial charge in [0.25, 0.3) is 0 Å². The first-order valence-corrected chi connectivity index (χ1v) is 7.76. The molecule has 7 heteroatoms. The number of fused-ring (bicyclic) bond motifs is 1. The largest absolute Gasteiger partial charge is 0.457 e. The van der Waals surface area contributed by atoms with Crippen LogP contribution < -0.4 is 10.6 Å². The van der Waals surface area contributed by atoms with Crippen LogP contribution in [-0.4, -0.2) is 42.4 Å². The highest BCUT2D eigenvalue weighted by Gasteiger charge is 2.21. The van der Waals surface area contributed by atoms with Crippen LogP contribution in [0, 0.1) is 0 Å². The minimum absolute atomic E-state index is 0.0155. The first kappa shape index (κ1) is 15.3. The number of rotatable bonds is 3. The zero-order valence-corrected chi connectivity index (χ0v) is 12.8. The fourth-order valence-corrected chi connectivity index (χ4v) is 2.80. The van der Waals surface area contributed by atoms with Gasteiger partial charge in [0, 0.05) is 24.3 Å². The van der Waals surface area contributed by atoms with Crippen LogP contribution in [0.4, 0.5) is 10.5 Å². The van der Waals surface area contributed by atoms with Crippen molar-refractivity contribution in [3.8, 4) is 0 Å². The summed E-state index contributed by atoms with van der Waals surface area (Å²) in [6, 6.07) is 4.52. The number of carbonyl (C=O) groups excluding carboxylic acids is 3. The number of urea groups is 1. The number of ether oxygens (including phenoxy) is 1. The van der Waals surface area contributed by atoms with Gasteiger partial charge >= 0.3 is 12.0 Å². The Morgan fingerprint density at radius 1 is 1.17 bits per heavy atom. The molecule has 0 bridgehead atoms. The molecular weight excluding hydrogens is 298 g/mol. The van der Waals surface area contributed by atoms with Gasteiger partial charge in [-0.1, -0.05) is 0 Å². The molecule has 23 heavy (non-hydrogen) atoms. The maximum atomic E-state index is 12.0. The van der Waals surface area contributed by atoms with E-state index in [2.05, 4.69) is 10.6 Å². The van der Waals surface area contributed by atoms with E-state index in [9.17, 15) is 14.4 Å². The predicted octanol–water partition coefficient (Wildman–Crippen LogP) is 1.49. The molecule has 122 valence electrons. The van der Waals surface area contributed by atoms with E-state index in [1.165, 1.54) is 0 Å². The monoisotopic (exact) mass is 317 g/mol. The maximum absolute atomic E-state index is 12.0. The van der Waals surface area contributed by atoms with Gasteiger partial charge in [0.15, 0.2) is 0 Å². The molecule has 2 heterocycles. The number of hydrogen-bond donors (Lipinski definition) is 2. The Labute approximate surface area is 134 Å². The molecule has 0 saturated carbocycles. The molecule has 1 aromatic carbocycles. The first-order valence-electron chi connectivity index (χ1n) is 7.76. The molecule has 7 nitrogen and oxygen atoms in total. The summed E-state index contributed by atoms with van der Waals surface area (Å²) in [5.41, 5.74) is 1.83. The lowest BCUT2D eigenvalue weighted by Gasteiger charge is -2.26. The van der Waals surface area contributed by atoms with Gasteiger partial charge in [0.1, 0.15) is 6.61 Å². The average molecular weight is 317 g/mol. The fourth-order valence-electron chi connectivity index (χ4n) is 2.80. The Hall–Kier alpha value is -2.57. The van der Waals surface area contributed by atoms with Crippen LogP contribution in [0.2, 0.25) is 0 Å². The van der Waals surface area contributed by atoms with Crippen LogP contribution >= 0.6 is 0 Å². The molecule has 0 aliphatic carbocycles. The van der Waals surface area contributed by atoms with E-state index in [-0.39, 0.29) is 25.0 Å². The third-order valence-electron chi connectivity index (χ3n) is 4.05. The molecule has 1 saturated heterocycles. The van der Waals surface area contributed by atoms with Gasteiger partial charge in [0.2, 0.25) is 5.91 Å². The molecule has 3 rings (SSSR count). The standard InChI is InChI=1S/C16H19N3O4/c20-14(19-6-2-1-3-7-19)9-17-16(22)18-12-4-5-13-11(8-12)10-23-15(13)21/h4-5,8H,1-3,6-7,9-10H2,(H2,17,18,22). The topological polar surface area (TPSA) is 87.7 Å². The molecular formula is C16H19N3O4. The smallest absolute Gasteiger partial charge is 0.338 e. The third kappa shape index (κ3) is 3.61. The summed E-state index contributed by atoms with van der Waals surface area (Å²) < 4.78 is 4.91. The number of benzene rings is 1. The molecule has 0 aromatic heterocycles. The molecule has 2 aliphatic heterocycles. The van der Waals surface area contributed by atoms with Crippen molar-refractivity contribution in [3.63, 3.8) is 0 Å². The van der Waals surface area contributed by atoms with Gasteiger partial charge in [-0.3, -0.25) is 4.79 Å². The number of carbonyl (C=O) groups is 3. The molecule has 1 fully saturated rings. The predicted molar refractivity (Wildman–Crippen MR) is 83.0 cm³/mol. The lowest BCUT2D eigenvalue weighted by molar-refractivity contribution is -0.130. The number of nitrogens with zero attached hydrogens (tertiary/aromatic N) is 1. The second kappa shape index (κ2) is 6.68. The summed E-state index contributed by atoms with van der Waals surface area (Å²) in [5.74, 6) is -0.407. The maximum Gasteiger partial charge on any atom is 0.338 e. The van der Waals surface area contributed by atoms with Crippen LogP contribution in [0.25, 0.3) is 0 Å². The van der Waals surface area contributed by atoms with Gasteiger partial charge in [-0.05, 0) is 37.5 Å².